The third kappa shape index (κ3) is 2.81. The molecule has 3 nitrogen and oxygen atoms in total. The largest absolute Gasteiger partial charge is 0.412 e. The molecule has 0 fully saturated rings. The van der Waals surface area contributed by atoms with Gasteiger partial charge in [0.2, 0.25) is 34.8 Å². The zero-order valence-electron chi connectivity index (χ0n) is 8.50. The first-order valence-corrected chi connectivity index (χ1v) is 4.96. The summed E-state index contributed by atoms with van der Waals surface area (Å²) in [5.74, 6) is -12.9. The van der Waals surface area contributed by atoms with Crippen molar-refractivity contribution in [1.82, 2.24) is 5.32 Å². The van der Waals surface area contributed by atoms with Crippen molar-refractivity contribution in [2.24, 2.45) is 0 Å². The summed E-state index contributed by atoms with van der Waals surface area (Å²) in [7, 11) is 0. The molecule has 0 radical (unpaired) electrons. The molecule has 100 valence electrons. The Kier molecular flexibility index (Phi) is 4.71. The number of hydrogen-bond acceptors (Lipinski definition) is 2. The van der Waals surface area contributed by atoms with Crippen LogP contribution < -0.4 is 10.1 Å². The van der Waals surface area contributed by atoms with Gasteiger partial charge in [-0.3, -0.25) is 0 Å². The van der Waals surface area contributed by atoms with Gasteiger partial charge in [-0.15, -0.1) is 11.6 Å². The molecule has 0 unspecified atom stereocenters. The fourth-order valence-electron chi connectivity index (χ4n) is 0.952. The third-order valence-electron chi connectivity index (χ3n) is 1.73. The molecule has 0 aliphatic heterocycles. The quantitative estimate of drug-likeness (QED) is 0.402. The van der Waals surface area contributed by atoms with Crippen LogP contribution in [0.25, 0.3) is 0 Å². The Labute approximate surface area is 102 Å². The summed E-state index contributed by atoms with van der Waals surface area (Å²) in [5, 5.41) is 1.92. The maximum atomic E-state index is 13.0. The van der Waals surface area contributed by atoms with Gasteiger partial charge in [0.1, 0.15) is 0 Å². The summed E-state index contributed by atoms with van der Waals surface area (Å²) < 4.78 is 68.1. The Morgan fingerprint density at radius 3 is 1.89 bits per heavy atom. The average Bonchev–Trinajstić information content (AvgIpc) is 2.36. The van der Waals surface area contributed by atoms with Crippen LogP contribution in [0.3, 0.4) is 0 Å². The molecule has 18 heavy (non-hydrogen) atoms. The number of ether oxygens (including phenoxy) is 1. The van der Waals surface area contributed by atoms with E-state index in [1.807, 2.05) is 5.32 Å². The van der Waals surface area contributed by atoms with Crippen molar-refractivity contribution >= 4 is 17.7 Å². The van der Waals surface area contributed by atoms with E-state index in [0.29, 0.717) is 0 Å². The minimum absolute atomic E-state index is 0.0216. The van der Waals surface area contributed by atoms with Gasteiger partial charge in [-0.05, 0) is 0 Å². The summed E-state index contributed by atoms with van der Waals surface area (Å²) in [6.45, 7) is -0.101. The molecule has 0 bridgehead atoms. The molecule has 0 saturated carbocycles. The van der Waals surface area contributed by atoms with Gasteiger partial charge >= 0.3 is 6.09 Å². The summed E-state index contributed by atoms with van der Waals surface area (Å²) >= 11 is 5.19. The molecule has 0 spiro atoms. The highest BCUT2D eigenvalue weighted by Crippen LogP contribution is 2.29. The number of carbonyl (C=O) groups is 1. The summed E-state index contributed by atoms with van der Waals surface area (Å²) in [5.41, 5.74) is 0. The van der Waals surface area contributed by atoms with Gasteiger partial charge in [-0.25, -0.2) is 18.0 Å². The van der Waals surface area contributed by atoms with Gasteiger partial charge in [0.25, 0.3) is 0 Å². The van der Waals surface area contributed by atoms with Crippen molar-refractivity contribution in [3.05, 3.63) is 29.1 Å². The van der Waals surface area contributed by atoms with Crippen LogP contribution in [0.5, 0.6) is 5.75 Å². The predicted octanol–water partition coefficient (Wildman–Crippen LogP) is 2.71. The second kappa shape index (κ2) is 5.85. The first kappa shape index (κ1) is 14.5. The van der Waals surface area contributed by atoms with Crippen molar-refractivity contribution in [2.75, 3.05) is 12.4 Å². The Hall–Kier alpha value is -1.57. The minimum Gasteiger partial charge on any atom is -0.404 e. The molecule has 1 aromatic rings. The number of alkyl halides is 1. The van der Waals surface area contributed by atoms with E-state index in [9.17, 15) is 26.7 Å². The lowest BCUT2D eigenvalue weighted by Crippen LogP contribution is -2.29. The van der Waals surface area contributed by atoms with E-state index in [-0.39, 0.29) is 12.4 Å². The Balaban J connectivity index is 3.06. The lowest BCUT2D eigenvalue weighted by Gasteiger charge is -2.09. The fraction of sp³-hybridized carbons (Fsp3) is 0.222. The van der Waals surface area contributed by atoms with Crippen molar-refractivity contribution in [3.8, 4) is 5.75 Å². The lowest BCUT2D eigenvalue weighted by atomic mass is 10.2. The van der Waals surface area contributed by atoms with Crippen LogP contribution >= 0.6 is 11.6 Å². The fourth-order valence-corrected chi connectivity index (χ4v) is 1.05. The zero-order valence-corrected chi connectivity index (χ0v) is 9.25. The normalized spacial score (nSPS) is 10.3. The van der Waals surface area contributed by atoms with Crippen molar-refractivity contribution in [2.45, 2.75) is 0 Å². The Bertz CT molecular complexity index is 454. The first-order chi connectivity index (χ1) is 8.40. The summed E-state index contributed by atoms with van der Waals surface area (Å²) in [6, 6.07) is 0. The molecule has 0 aliphatic rings. The molecular formula is C9H5ClF5NO2. The van der Waals surface area contributed by atoms with E-state index in [1.54, 1.807) is 0 Å². The minimum atomic E-state index is -2.33. The highest BCUT2D eigenvalue weighted by atomic mass is 35.5. The number of halogens is 6. The van der Waals surface area contributed by atoms with Crippen molar-refractivity contribution in [3.63, 3.8) is 0 Å². The van der Waals surface area contributed by atoms with Gasteiger partial charge in [-0.1, -0.05) is 0 Å². The molecule has 9 heteroatoms. The number of nitrogens with one attached hydrogen (secondary N) is 1. The second-order valence-electron chi connectivity index (χ2n) is 2.90. The van der Waals surface area contributed by atoms with Crippen LogP contribution in [-0.2, 0) is 0 Å². The molecule has 0 saturated heterocycles. The maximum absolute atomic E-state index is 13.0. The lowest BCUT2D eigenvalue weighted by molar-refractivity contribution is 0.194. The number of benzene rings is 1. The van der Waals surface area contributed by atoms with Gasteiger partial charge in [0, 0.05) is 12.4 Å². The molecule has 0 heterocycles. The highest BCUT2D eigenvalue weighted by Gasteiger charge is 2.28. The van der Waals surface area contributed by atoms with E-state index in [1.165, 1.54) is 0 Å². The average molecular weight is 290 g/mol. The number of rotatable bonds is 3. The number of amides is 1. The number of hydrogen-bond donors (Lipinski definition) is 1. The zero-order chi connectivity index (χ0) is 13.9. The molecule has 1 aromatic carbocycles. The summed E-state index contributed by atoms with van der Waals surface area (Å²) in [4.78, 5) is 10.9. The number of carbonyl (C=O) groups excluding carboxylic acids is 1. The van der Waals surface area contributed by atoms with E-state index >= 15 is 0 Å². The smallest absolute Gasteiger partial charge is 0.404 e. The van der Waals surface area contributed by atoms with Crippen LogP contribution in [0.4, 0.5) is 26.7 Å². The van der Waals surface area contributed by atoms with E-state index in [0.717, 1.165) is 0 Å². The second-order valence-corrected chi connectivity index (χ2v) is 3.28. The molecular weight excluding hydrogens is 285 g/mol. The molecule has 1 N–H and O–H groups in total. The Morgan fingerprint density at radius 1 is 1.00 bits per heavy atom. The van der Waals surface area contributed by atoms with E-state index in [4.69, 9.17) is 11.6 Å². The molecule has 1 amide bonds. The highest BCUT2D eigenvalue weighted by molar-refractivity contribution is 6.18. The van der Waals surface area contributed by atoms with Gasteiger partial charge in [0.15, 0.2) is 0 Å². The molecule has 0 atom stereocenters. The van der Waals surface area contributed by atoms with Gasteiger partial charge < -0.3 is 10.1 Å². The van der Waals surface area contributed by atoms with Crippen molar-refractivity contribution < 1.29 is 31.5 Å². The standard InChI is InChI=1S/C9H5ClF5NO2/c10-1-2-16-9(17)18-8-6(14)4(12)3(11)5(13)7(8)15/h1-2H2,(H,16,17). The van der Waals surface area contributed by atoms with E-state index in [2.05, 4.69) is 4.74 Å². The predicted molar refractivity (Wildman–Crippen MR) is 51.0 cm³/mol. The first-order valence-electron chi connectivity index (χ1n) is 4.43. The van der Waals surface area contributed by atoms with Crippen molar-refractivity contribution in [1.29, 1.82) is 0 Å². The third-order valence-corrected chi connectivity index (χ3v) is 1.92. The van der Waals surface area contributed by atoms with Crippen LogP contribution in [0.2, 0.25) is 0 Å². The van der Waals surface area contributed by atoms with Crippen LogP contribution in [0.1, 0.15) is 0 Å². The van der Waals surface area contributed by atoms with Gasteiger partial charge in [0.05, 0.1) is 0 Å². The van der Waals surface area contributed by atoms with E-state index < -0.39 is 40.9 Å². The maximum Gasteiger partial charge on any atom is 0.412 e. The van der Waals surface area contributed by atoms with Crippen LogP contribution in [-0.4, -0.2) is 18.5 Å². The van der Waals surface area contributed by atoms with Crippen LogP contribution in [0.15, 0.2) is 0 Å². The monoisotopic (exact) mass is 289 g/mol. The molecule has 0 aromatic heterocycles. The van der Waals surface area contributed by atoms with Gasteiger partial charge in [-0.2, -0.15) is 8.78 Å². The molecule has 0 aliphatic carbocycles. The Morgan fingerprint density at radius 2 is 1.44 bits per heavy atom. The topological polar surface area (TPSA) is 38.3 Å². The SMILES string of the molecule is O=C(NCCCl)Oc1c(F)c(F)c(F)c(F)c1F. The molecule has 1 rings (SSSR count). The summed E-state index contributed by atoms with van der Waals surface area (Å²) in [6.07, 6.45) is -1.39. The van der Waals surface area contributed by atoms with Crippen LogP contribution in [0, 0.1) is 29.1 Å².